The molecule has 6 unspecified atom stereocenters. The third kappa shape index (κ3) is 16.5. The normalized spacial score (nSPS) is 16.2. The fraction of sp³-hybridized carbons (Fsp3) is 0.490. The number of anilines is 1. The number of H-pyrrole nitrogens is 1. The molecule has 2 fully saturated rings. The van der Waals surface area contributed by atoms with Crippen molar-refractivity contribution in [2.75, 3.05) is 32.1 Å². The molecule has 4 aromatic rings. The van der Waals surface area contributed by atoms with Gasteiger partial charge in [0.05, 0.1) is 42.3 Å². The van der Waals surface area contributed by atoms with Crippen molar-refractivity contribution >= 4 is 75.3 Å². The Balaban J connectivity index is 1.06. The predicted octanol–water partition coefficient (Wildman–Crippen LogP) is 1.05. The first-order chi connectivity index (χ1) is 37.7. The number of hydrogen-bond donors (Lipinski definition) is 9. The van der Waals surface area contributed by atoms with Crippen LogP contribution in [-0.4, -0.2) is 135 Å². The van der Waals surface area contributed by atoms with Crippen LogP contribution in [0.25, 0.3) is 11.0 Å². The van der Waals surface area contributed by atoms with Crippen LogP contribution in [0.15, 0.2) is 64.2 Å². The van der Waals surface area contributed by atoms with E-state index < -0.39 is 123 Å². The Labute approximate surface area is 451 Å². The van der Waals surface area contributed by atoms with Gasteiger partial charge >= 0.3 is 5.63 Å². The van der Waals surface area contributed by atoms with Gasteiger partial charge in [0.25, 0.3) is 11.4 Å². The van der Waals surface area contributed by atoms with Crippen LogP contribution in [0.1, 0.15) is 89.3 Å². The van der Waals surface area contributed by atoms with Crippen LogP contribution >= 0.6 is 0 Å². The van der Waals surface area contributed by atoms with Crippen molar-refractivity contribution in [3.8, 4) is 5.75 Å². The van der Waals surface area contributed by atoms with E-state index in [0.717, 1.165) is 44.2 Å². The van der Waals surface area contributed by atoms with E-state index >= 15 is 0 Å². The van der Waals surface area contributed by atoms with Gasteiger partial charge in [-0.05, 0) is 62.3 Å². The number of nitrogens with zero attached hydrogens (tertiary/aromatic N) is 4. The minimum atomic E-state index is -1.50. The molecule has 1 saturated carbocycles. The molecule has 3 heterocycles. The van der Waals surface area contributed by atoms with Crippen LogP contribution in [0.3, 0.4) is 0 Å². The highest BCUT2D eigenvalue weighted by Gasteiger charge is 2.37. The first-order valence-corrected chi connectivity index (χ1v) is 25.9. The average molecular weight is 1100 g/mol. The quantitative estimate of drug-likeness (QED) is 0.0229. The van der Waals surface area contributed by atoms with E-state index in [1.54, 1.807) is 25.1 Å². The highest BCUT2D eigenvalue weighted by atomic mass is 16.6. The summed E-state index contributed by atoms with van der Waals surface area (Å²) in [6, 6.07) is 1.44. The topological polar surface area (TPSA) is 404 Å². The molecule has 1 saturated heterocycles. The minimum absolute atomic E-state index is 0.0912. The number of nitrogens with two attached hydrogens (primary N) is 1. The second kappa shape index (κ2) is 27.9. The number of likely N-dealkylation sites (tertiary alicyclic amines) is 1. The van der Waals surface area contributed by atoms with E-state index in [4.69, 9.17) is 14.9 Å². The first kappa shape index (κ1) is 59.3. The number of rotatable bonds is 27. The fourth-order valence-electron chi connectivity index (χ4n) is 9.58. The van der Waals surface area contributed by atoms with E-state index in [-0.39, 0.29) is 49.4 Å². The van der Waals surface area contributed by atoms with Gasteiger partial charge in [-0.25, -0.2) is 9.78 Å². The van der Waals surface area contributed by atoms with Crippen LogP contribution < -0.4 is 53.3 Å². The first-order valence-electron chi connectivity index (χ1n) is 25.9. The van der Waals surface area contributed by atoms with Crippen LogP contribution in [0, 0.1) is 26.1 Å². The summed E-state index contributed by atoms with van der Waals surface area (Å²) in [5.74, 6) is -5.46. The summed E-state index contributed by atoms with van der Waals surface area (Å²) in [4.78, 5) is 151. The summed E-state index contributed by atoms with van der Waals surface area (Å²) >= 11 is 0. The third-order valence-corrected chi connectivity index (χ3v) is 13.7. The van der Waals surface area contributed by atoms with Crippen molar-refractivity contribution in [3.63, 3.8) is 0 Å². The number of fused-ring (bicyclic) bond motifs is 1. The second-order valence-corrected chi connectivity index (χ2v) is 19.4. The van der Waals surface area contributed by atoms with E-state index in [2.05, 4.69) is 47.2 Å². The molecule has 79 heavy (non-hydrogen) atoms. The number of aromatic nitrogens is 2. The molecule has 6 atom stereocenters. The van der Waals surface area contributed by atoms with Crippen molar-refractivity contribution in [2.24, 2.45) is 11.7 Å². The van der Waals surface area contributed by atoms with Gasteiger partial charge in [-0.15, -0.1) is 0 Å². The van der Waals surface area contributed by atoms with Gasteiger partial charge < -0.3 is 62.0 Å². The Kier molecular flexibility index (Phi) is 20.9. The largest absolute Gasteiger partial charge is 0.497 e. The number of carbonyl (C=O) groups is 8. The Morgan fingerprint density at radius 1 is 0.848 bits per heavy atom. The molecule has 2 aliphatic rings. The molecule has 6 rings (SSSR count). The monoisotopic (exact) mass is 1100 g/mol. The lowest BCUT2D eigenvalue weighted by Crippen LogP contribution is -2.59. The highest BCUT2D eigenvalue weighted by molar-refractivity contribution is 5.97. The molecule has 10 N–H and O–H groups in total. The molecular formula is C51H65N13O15. The smallest absolute Gasteiger partial charge is 0.336 e. The number of aromatic amines is 1. The van der Waals surface area contributed by atoms with Crippen molar-refractivity contribution in [1.29, 1.82) is 0 Å². The van der Waals surface area contributed by atoms with Gasteiger partial charge in [0.15, 0.2) is 0 Å². The summed E-state index contributed by atoms with van der Waals surface area (Å²) in [5, 5.41) is 41.4. The Hall–Kier alpha value is -8.98. The summed E-state index contributed by atoms with van der Waals surface area (Å²) in [5.41, 5.74) is 4.45. The van der Waals surface area contributed by atoms with E-state index in [1.165, 1.54) is 37.5 Å². The number of non-ortho nitro benzene ring substituents is 1. The summed E-state index contributed by atoms with van der Waals surface area (Å²) in [7, 11) is 1.47. The van der Waals surface area contributed by atoms with Crippen molar-refractivity contribution in [1.82, 2.24) is 46.8 Å². The lowest BCUT2D eigenvalue weighted by molar-refractivity contribution is -0.393. The molecule has 0 spiro atoms. The number of primary amides is 1. The highest BCUT2D eigenvalue weighted by Crippen LogP contribution is 2.30. The number of amides is 8. The molecule has 2 aromatic carbocycles. The van der Waals surface area contributed by atoms with Crippen LogP contribution in [0.2, 0.25) is 0 Å². The van der Waals surface area contributed by atoms with Crippen LogP contribution in [0.5, 0.6) is 5.75 Å². The molecule has 2 aromatic heterocycles. The van der Waals surface area contributed by atoms with Gasteiger partial charge in [-0.1, -0.05) is 45.4 Å². The predicted molar refractivity (Wildman–Crippen MR) is 282 cm³/mol. The Morgan fingerprint density at radius 2 is 1.58 bits per heavy atom. The zero-order valence-electron chi connectivity index (χ0n) is 43.8. The van der Waals surface area contributed by atoms with Gasteiger partial charge in [0.1, 0.15) is 53.3 Å². The molecule has 0 bridgehead atoms. The number of nitrogens with one attached hydrogen (secondary N) is 8. The van der Waals surface area contributed by atoms with Gasteiger partial charge in [0.2, 0.25) is 47.3 Å². The summed E-state index contributed by atoms with van der Waals surface area (Å²) < 4.78 is 10.6. The molecule has 8 amide bonds. The fourth-order valence-corrected chi connectivity index (χ4v) is 9.58. The molecule has 424 valence electrons. The lowest BCUT2D eigenvalue weighted by atomic mass is 9.84. The van der Waals surface area contributed by atoms with Crippen LogP contribution in [0.4, 0.5) is 17.1 Å². The number of ether oxygens (including phenoxy) is 1. The molecule has 28 heteroatoms. The maximum Gasteiger partial charge on any atom is 0.336 e. The number of nitro benzene ring substituents is 2. The van der Waals surface area contributed by atoms with E-state index in [0.29, 0.717) is 47.7 Å². The maximum atomic E-state index is 14.1. The van der Waals surface area contributed by atoms with Gasteiger partial charge in [-0.2, -0.15) is 0 Å². The molecular weight excluding hydrogens is 1030 g/mol. The molecule has 1 aliphatic heterocycles. The number of carbonyl (C=O) groups excluding carboxylic acids is 8. The zero-order chi connectivity index (χ0) is 57.3. The van der Waals surface area contributed by atoms with Crippen molar-refractivity contribution < 1.29 is 57.4 Å². The molecule has 1 aliphatic carbocycles. The number of imidazole rings is 1. The summed E-state index contributed by atoms with van der Waals surface area (Å²) in [6.07, 6.45) is 8.55. The lowest BCUT2D eigenvalue weighted by Gasteiger charge is -2.29. The Bertz CT molecular complexity index is 2960. The standard InChI is InChI=1S/C51H65N13O15/c1-4-9-36(49(71)59-38(21-31-24-53-27-56-31)50(72)57-28(2)47(69)61-39(46(52)68)25-54-35-16-13-32(63(74)75)22-41(35)64(76)77)58-43(65)26-55-48(70)37(18-29-10-6-5-7-11-29)60-51(73)40-12-8-17-62(40)44(66)19-30-20-45(67)79-42-23-33(78-3)14-15-34(30)42/h13-16,20,22-24,27-29,36-40,54H,4-12,17-19,21,25-26H2,1-3H3,(H2,52,68)(H,53,56)(H,55,70)(H,57,72)(H,58,65)(H,59,71)(H,60,73)(H,61,69). The van der Waals surface area contributed by atoms with E-state index in [9.17, 15) is 63.4 Å². The third-order valence-electron chi connectivity index (χ3n) is 13.7. The summed E-state index contributed by atoms with van der Waals surface area (Å²) in [6.45, 7) is 2.20. The number of hydrogen-bond acceptors (Lipinski definition) is 17. The van der Waals surface area contributed by atoms with Crippen molar-refractivity contribution in [3.05, 3.63) is 96.9 Å². The second-order valence-electron chi connectivity index (χ2n) is 19.4. The number of benzene rings is 2. The molecule has 28 nitrogen and oxygen atoms in total. The van der Waals surface area contributed by atoms with E-state index in [1.807, 2.05) is 0 Å². The van der Waals surface area contributed by atoms with Gasteiger partial charge in [0, 0.05) is 55.0 Å². The zero-order valence-corrected chi connectivity index (χ0v) is 43.8. The SMILES string of the molecule is CCCC(NC(=O)CNC(=O)C(CC1CCCCC1)NC(=O)C1CCCN1C(=O)Cc1cc(=O)oc2cc(OC)ccc12)C(=O)NC(Cc1cnc[nH]1)C(=O)NC(C)C(=O)NC(CNc1ccc([N+](=O)[O-])cc1[N+](=O)[O-])C(N)=O. The van der Waals surface area contributed by atoms with Crippen LogP contribution in [-0.2, 0) is 51.2 Å². The van der Waals surface area contributed by atoms with Crippen molar-refractivity contribution in [2.45, 2.75) is 127 Å². The maximum absolute atomic E-state index is 14.1. The Morgan fingerprint density at radius 3 is 2.25 bits per heavy atom. The average Bonchev–Trinajstić information content (AvgIpc) is 4.17. The molecule has 0 radical (unpaired) electrons. The number of methoxy groups -OCH3 is 1. The minimum Gasteiger partial charge on any atom is -0.497 e. The number of nitro groups is 2. The van der Waals surface area contributed by atoms with Gasteiger partial charge in [-0.3, -0.25) is 58.6 Å².